The third-order valence-corrected chi connectivity index (χ3v) is 3.46. The van der Waals surface area contributed by atoms with Crippen LogP contribution in [0.25, 0.3) is 10.8 Å². The van der Waals surface area contributed by atoms with Gasteiger partial charge in [-0.3, -0.25) is 4.55 Å². The van der Waals surface area contributed by atoms with Crippen LogP contribution in [0, 0.1) is 0 Å². The molecule has 2 aromatic rings. The van der Waals surface area contributed by atoms with Crippen molar-refractivity contribution >= 4 is 20.9 Å². The number of fused-ring (bicyclic) bond motifs is 1. The zero-order chi connectivity index (χ0) is 12.5. The summed E-state index contributed by atoms with van der Waals surface area (Å²) < 4.78 is 31.2. The zero-order valence-corrected chi connectivity index (χ0v) is 9.94. The largest absolute Gasteiger partial charge is 0.294 e. The summed E-state index contributed by atoms with van der Waals surface area (Å²) in [6, 6.07) is 10.3. The maximum atomic E-state index is 11.1. The summed E-state index contributed by atoms with van der Waals surface area (Å²) in [5.41, 5.74) is 0.989. The van der Waals surface area contributed by atoms with Crippen LogP contribution in [0.3, 0.4) is 0 Å². The molecule has 2 rings (SSSR count). The normalized spacial score (nSPS) is 11.6. The van der Waals surface area contributed by atoms with Gasteiger partial charge in [-0.05, 0) is 34.9 Å². The molecule has 3 nitrogen and oxygen atoms in total. The van der Waals surface area contributed by atoms with Gasteiger partial charge in [-0.1, -0.05) is 30.3 Å². The quantitative estimate of drug-likeness (QED) is 0.671. The van der Waals surface area contributed by atoms with E-state index in [-0.39, 0.29) is 4.90 Å². The molecule has 0 saturated heterocycles. The summed E-state index contributed by atoms with van der Waals surface area (Å²) in [6.45, 7) is 3.67. The first-order chi connectivity index (χ1) is 8.02. The van der Waals surface area contributed by atoms with Crippen LogP contribution in [0.2, 0.25) is 0 Å². The first-order valence-corrected chi connectivity index (χ1v) is 6.56. The molecule has 0 aliphatic rings. The van der Waals surface area contributed by atoms with Gasteiger partial charge in [-0.2, -0.15) is 8.42 Å². The highest BCUT2D eigenvalue weighted by atomic mass is 32.2. The second kappa shape index (κ2) is 4.31. The Morgan fingerprint density at radius 1 is 1.24 bits per heavy atom. The molecule has 0 aliphatic carbocycles. The first kappa shape index (κ1) is 11.8. The molecular weight excluding hydrogens is 236 g/mol. The van der Waals surface area contributed by atoms with Crippen molar-refractivity contribution in [3.05, 3.63) is 54.6 Å². The fraction of sp³-hybridized carbons (Fsp3) is 0.0769. The molecule has 0 fully saturated rings. The predicted octanol–water partition coefficient (Wildman–Crippen LogP) is 2.82. The molecule has 0 bridgehead atoms. The molecule has 2 aromatic carbocycles. The van der Waals surface area contributed by atoms with E-state index in [1.807, 2.05) is 18.2 Å². The van der Waals surface area contributed by atoms with E-state index >= 15 is 0 Å². The Kier molecular flexibility index (Phi) is 3.00. The summed E-state index contributed by atoms with van der Waals surface area (Å²) in [5, 5.41) is 1.76. The van der Waals surface area contributed by atoms with Gasteiger partial charge in [0.1, 0.15) is 0 Å². The lowest BCUT2D eigenvalue weighted by Gasteiger charge is -2.05. The maximum Gasteiger partial charge on any atom is 0.294 e. The van der Waals surface area contributed by atoms with E-state index in [1.54, 1.807) is 12.1 Å². The minimum atomic E-state index is -4.15. The molecule has 0 radical (unpaired) electrons. The number of hydrogen-bond donors (Lipinski definition) is 1. The average molecular weight is 248 g/mol. The smallest absolute Gasteiger partial charge is 0.282 e. The van der Waals surface area contributed by atoms with E-state index in [1.165, 1.54) is 12.1 Å². The monoisotopic (exact) mass is 248 g/mol. The first-order valence-electron chi connectivity index (χ1n) is 5.12. The molecule has 0 aliphatic heterocycles. The fourth-order valence-corrected chi connectivity index (χ4v) is 2.32. The second-order valence-corrected chi connectivity index (χ2v) is 5.19. The van der Waals surface area contributed by atoms with Gasteiger partial charge in [0.05, 0.1) is 4.90 Å². The van der Waals surface area contributed by atoms with Gasteiger partial charge >= 0.3 is 0 Å². The highest BCUT2D eigenvalue weighted by Crippen LogP contribution is 2.23. The van der Waals surface area contributed by atoms with Crippen molar-refractivity contribution in [2.45, 2.75) is 11.3 Å². The fourth-order valence-electron chi connectivity index (χ4n) is 1.81. The Balaban J connectivity index is 2.74. The van der Waals surface area contributed by atoms with Crippen LogP contribution in [0.1, 0.15) is 5.56 Å². The van der Waals surface area contributed by atoms with Gasteiger partial charge in [0.25, 0.3) is 10.1 Å². The summed E-state index contributed by atoms with van der Waals surface area (Å²) in [6.07, 6.45) is 2.42. The molecule has 1 N–H and O–H groups in total. The van der Waals surface area contributed by atoms with Crippen LogP contribution in [-0.4, -0.2) is 13.0 Å². The molecule has 88 valence electrons. The van der Waals surface area contributed by atoms with Gasteiger partial charge in [0.2, 0.25) is 0 Å². The third-order valence-electron chi connectivity index (χ3n) is 2.61. The van der Waals surface area contributed by atoms with E-state index in [0.29, 0.717) is 6.42 Å². The lowest BCUT2D eigenvalue weighted by molar-refractivity contribution is 0.483. The molecule has 0 aromatic heterocycles. The molecule has 0 saturated carbocycles. The van der Waals surface area contributed by atoms with Crippen LogP contribution in [-0.2, 0) is 16.5 Å². The number of allylic oxidation sites excluding steroid dienone is 1. The summed E-state index contributed by atoms with van der Waals surface area (Å²) in [4.78, 5) is -0.0819. The van der Waals surface area contributed by atoms with Crippen LogP contribution in [0.15, 0.2) is 53.9 Å². The van der Waals surface area contributed by atoms with E-state index in [9.17, 15) is 8.42 Å². The Hall–Kier alpha value is -1.65. The molecule has 0 unspecified atom stereocenters. The van der Waals surface area contributed by atoms with Crippen molar-refractivity contribution in [1.82, 2.24) is 0 Å². The zero-order valence-electron chi connectivity index (χ0n) is 9.13. The molecule has 17 heavy (non-hydrogen) atoms. The predicted molar refractivity (Wildman–Crippen MR) is 67.7 cm³/mol. The Morgan fingerprint density at radius 3 is 2.65 bits per heavy atom. The summed E-state index contributed by atoms with van der Waals surface area (Å²) >= 11 is 0. The summed E-state index contributed by atoms with van der Waals surface area (Å²) in [5.74, 6) is 0. The van der Waals surface area contributed by atoms with Crippen molar-refractivity contribution in [3.8, 4) is 0 Å². The van der Waals surface area contributed by atoms with E-state index < -0.39 is 10.1 Å². The van der Waals surface area contributed by atoms with E-state index in [4.69, 9.17) is 4.55 Å². The average Bonchev–Trinajstić information content (AvgIpc) is 2.28. The lowest BCUT2D eigenvalue weighted by atomic mass is 10.0. The Labute approximate surface area is 100 Å². The standard InChI is InChI=1S/C13H12O3S/c1-2-4-10-5-3-6-11-7-8-12(9-13(10)11)17(14,15)16/h2-3,5-9H,1,4H2,(H,14,15,16). The molecule has 0 atom stereocenters. The highest BCUT2D eigenvalue weighted by molar-refractivity contribution is 7.85. The van der Waals surface area contributed by atoms with Crippen LogP contribution < -0.4 is 0 Å². The Morgan fingerprint density at radius 2 is 2.00 bits per heavy atom. The molecule has 0 amide bonds. The van der Waals surface area contributed by atoms with Crippen molar-refractivity contribution in [1.29, 1.82) is 0 Å². The van der Waals surface area contributed by atoms with Crippen LogP contribution in [0.5, 0.6) is 0 Å². The molecular formula is C13H12O3S. The SMILES string of the molecule is C=CCc1cccc2ccc(S(=O)(=O)O)cc12. The van der Waals surface area contributed by atoms with Crippen molar-refractivity contribution in [2.75, 3.05) is 0 Å². The number of hydrogen-bond acceptors (Lipinski definition) is 2. The van der Waals surface area contributed by atoms with Crippen molar-refractivity contribution in [3.63, 3.8) is 0 Å². The molecule has 4 heteroatoms. The number of benzene rings is 2. The van der Waals surface area contributed by atoms with Gasteiger partial charge in [-0.25, -0.2) is 0 Å². The topological polar surface area (TPSA) is 54.4 Å². The van der Waals surface area contributed by atoms with Gasteiger partial charge in [-0.15, -0.1) is 6.58 Å². The summed E-state index contributed by atoms with van der Waals surface area (Å²) in [7, 11) is -4.15. The molecule has 0 heterocycles. The minimum absolute atomic E-state index is 0.0819. The molecule has 0 spiro atoms. The third kappa shape index (κ3) is 2.38. The van der Waals surface area contributed by atoms with Crippen LogP contribution >= 0.6 is 0 Å². The van der Waals surface area contributed by atoms with Crippen molar-refractivity contribution < 1.29 is 13.0 Å². The Bertz CT molecular complexity index is 672. The van der Waals surface area contributed by atoms with Crippen molar-refractivity contribution in [2.24, 2.45) is 0 Å². The number of rotatable bonds is 3. The minimum Gasteiger partial charge on any atom is -0.282 e. The van der Waals surface area contributed by atoms with E-state index in [2.05, 4.69) is 6.58 Å². The van der Waals surface area contributed by atoms with E-state index in [0.717, 1.165) is 16.3 Å². The maximum absolute atomic E-state index is 11.1. The highest BCUT2D eigenvalue weighted by Gasteiger charge is 2.10. The van der Waals surface area contributed by atoms with Gasteiger partial charge in [0.15, 0.2) is 0 Å². The second-order valence-electron chi connectivity index (χ2n) is 3.77. The lowest BCUT2D eigenvalue weighted by Crippen LogP contribution is -1.98. The van der Waals surface area contributed by atoms with Gasteiger partial charge in [0, 0.05) is 0 Å². The van der Waals surface area contributed by atoms with Gasteiger partial charge < -0.3 is 0 Å². The van der Waals surface area contributed by atoms with Crippen LogP contribution in [0.4, 0.5) is 0 Å².